The van der Waals surface area contributed by atoms with E-state index in [-0.39, 0.29) is 5.91 Å². The molecule has 0 aliphatic carbocycles. The molecule has 0 radical (unpaired) electrons. The molecule has 0 aromatic carbocycles. The monoisotopic (exact) mass is 205 g/mol. The molecule has 4 nitrogen and oxygen atoms in total. The SMILES string of the molecule is CC1CCCN1C(=O)c1ccc(N)nc1. The maximum absolute atomic E-state index is 12.0. The minimum absolute atomic E-state index is 0.0625. The predicted molar refractivity (Wildman–Crippen MR) is 58.4 cm³/mol. The minimum atomic E-state index is 0.0625. The number of nitrogens with zero attached hydrogens (tertiary/aromatic N) is 2. The first-order valence-electron chi connectivity index (χ1n) is 5.21. The van der Waals surface area contributed by atoms with Gasteiger partial charge in [-0.3, -0.25) is 4.79 Å². The van der Waals surface area contributed by atoms with Crippen LogP contribution in [0.15, 0.2) is 18.3 Å². The number of carbonyl (C=O) groups is 1. The van der Waals surface area contributed by atoms with Crippen LogP contribution in [0.1, 0.15) is 30.1 Å². The normalized spacial score (nSPS) is 20.6. The molecule has 2 rings (SSSR count). The molecule has 1 aromatic rings. The van der Waals surface area contributed by atoms with Crippen LogP contribution in [-0.4, -0.2) is 28.4 Å². The van der Waals surface area contributed by atoms with Crippen molar-refractivity contribution >= 4 is 11.7 Å². The van der Waals surface area contributed by atoms with E-state index in [2.05, 4.69) is 11.9 Å². The van der Waals surface area contributed by atoms with E-state index in [1.54, 1.807) is 18.3 Å². The van der Waals surface area contributed by atoms with Crippen molar-refractivity contribution in [1.82, 2.24) is 9.88 Å². The Balaban J connectivity index is 2.17. The summed E-state index contributed by atoms with van der Waals surface area (Å²) in [5.41, 5.74) is 6.09. The van der Waals surface area contributed by atoms with Crippen LogP contribution in [0.25, 0.3) is 0 Å². The third kappa shape index (κ3) is 1.93. The largest absolute Gasteiger partial charge is 0.384 e. The fourth-order valence-electron chi connectivity index (χ4n) is 1.93. The molecule has 0 bridgehead atoms. The van der Waals surface area contributed by atoms with Crippen molar-refractivity contribution in [2.45, 2.75) is 25.8 Å². The molecule has 4 heteroatoms. The molecule has 0 saturated carbocycles. The molecule has 1 amide bonds. The maximum Gasteiger partial charge on any atom is 0.255 e. The number of amides is 1. The zero-order valence-electron chi connectivity index (χ0n) is 8.81. The summed E-state index contributed by atoms with van der Waals surface area (Å²) < 4.78 is 0. The molecule has 1 aliphatic heterocycles. The highest BCUT2D eigenvalue weighted by atomic mass is 16.2. The number of anilines is 1. The molecular weight excluding hydrogens is 190 g/mol. The molecule has 1 fully saturated rings. The van der Waals surface area contributed by atoms with E-state index in [4.69, 9.17) is 5.73 Å². The Bertz CT molecular complexity index is 361. The first kappa shape index (κ1) is 9.96. The first-order chi connectivity index (χ1) is 7.18. The molecule has 0 spiro atoms. The smallest absolute Gasteiger partial charge is 0.255 e. The summed E-state index contributed by atoms with van der Waals surface area (Å²) in [6.07, 6.45) is 3.73. The van der Waals surface area contributed by atoms with Crippen molar-refractivity contribution in [2.24, 2.45) is 0 Å². The van der Waals surface area contributed by atoms with Crippen molar-refractivity contribution in [2.75, 3.05) is 12.3 Å². The summed E-state index contributed by atoms with van der Waals surface area (Å²) in [7, 11) is 0. The number of hydrogen-bond donors (Lipinski definition) is 1. The zero-order valence-corrected chi connectivity index (χ0v) is 8.81. The predicted octanol–water partition coefficient (Wildman–Crippen LogP) is 1.29. The molecule has 1 aliphatic rings. The van der Waals surface area contributed by atoms with Crippen LogP contribution in [-0.2, 0) is 0 Å². The molecule has 1 unspecified atom stereocenters. The fourth-order valence-corrected chi connectivity index (χ4v) is 1.93. The van der Waals surface area contributed by atoms with Gasteiger partial charge >= 0.3 is 0 Å². The van der Waals surface area contributed by atoms with Gasteiger partial charge in [0.1, 0.15) is 5.82 Å². The number of nitrogens with two attached hydrogens (primary N) is 1. The fraction of sp³-hybridized carbons (Fsp3) is 0.455. The Hall–Kier alpha value is -1.58. The number of nitrogen functional groups attached to an aromatic ring is 1. The molecule has 80 valence electrons. The Kier molecular flexibility index (Phi) is 2.58. The molecule has 2 N–H and O–H groups in total. The van der Waals surface area contributed by atoms with Gasteiger partial charge < -0.3 is 10.6 Å². The van der Waals surface area contributed by atoms with E-state index in [0.717, 1.165) is 19.4 Å². The molecular formula is C11H15N3O. The number of hydrogen-bond acceptors (Lipinski definition) is 3. The Morgan fingerprint density at radius 3 is 2.93 bits per heavy atom. The van der Waals surface area contributed by atoms with Gasteiger partial charge in [0.15, 0.2) is 0 Å². The molecule has 1 atom stereocenters. The summed E-state index contributed by atoms with van der Waals surface area (Å²) >= 11 is 0. The van der Waals surface area contributed by atoms with Crippen LogP contribution >= 0.6 is 0 Å². The number of pyridine rings is 1. The number of aromatic nitrogens is 1. The van der Waals surface area contributed by atoms with Gasteiger partial charge in [0.25, 0.3) is 5.91 Å². The van der Waals surface area contributed by atoms with Crippen molar-refractivity contribution in [3.8, 4) is 0 Å². The quantitative estimate of drug-likeness (QED) is 0.751. The third-order valence-electron chi connectivity index (χ3n) is 2.85. The van der Waals surface area contributed by atoms with E-state index >= 15 is 0 Å². The first-order valence-corrected chi connectivity index (χ1v) is 5.21. The van der Waals surface area contributed by atoms with E-state index in [1.807, 2.05) is 4.90 Å². The lowest BCUT2D eigenvalue weighted by Crippen LogP contribution is -2.33. The standard InChI is InChI=1S/C11H15N3O/c1-8-3-2-6-14(8)11(15)9-4-5-10(12)13-7-9/h4-5,7-8H,2-3,6H2,1H3,(H2,12,13). The summed E-state index contributed by atoms with van der Waals surface area (Å²) in [5, 5.41) is 0. The highest BCUT2D eigenvalue weighted by Crippen LogP contribution is 2.19. The minimum Gasteiger partial charge on any atom is -0.384 e. The van der Waals surface area contributed by atoms with Crippen molar-refractivity contribution in [3.63, 3.8) is 0 Å². The van der Waals surface area contributed by atoms with Crippen molar-refractivity contribution in [3.05, 3.63) is 23.9 Å². The number of likely N-dealkylation sites (tertiary alicyclic amines) is 1. The topological polar surface area (TPSA) is 59.2 Å². The second-order valence-corrected chi connectivity index (χ2v) is 3.96. The average molecular weight is 205 g/mol. The van der Waals surface area contributed by atoms with Crippen LogP contribution in [0.5, 0.6) is 0 Å². The molecule has 15 heavy (non-hydrogen) atoms. The van der Waals surface area contributed by atoms with Gasteiger partial charge in [0.05, 0.1) is 5.56 Å². The van der Waals surface area contributed by atoms with Crippen molar-refractivity contribution < 1.29 is 4.79 Å². The molecule has 2 heterocycles. The van der Waals surface area contributed by atoms with E-state index < -0.39 is 0 Å². The lowest BCUT2D eigenvalue weighted by Gasteiger charge is -2.21. The lowest BCUT2D eigenvalue weighted by atomic mass is 10.2. The number of rotatable bonds is 1. The van der Waals surface area contributed by atoms with Gasteiger partial charge in [0, 0.05) is 18.8 Å². The highest BCUT2D eigenvalue weighted by molar-refractivity contribution is 5.94. The van der Waals surface area contributed by atoms with Crippen LogP contribution < -0.4 is 5.73 Å². The van der Waals surface area contributed by atoms with Crippen LogP contribution in [0.2, 0.25) is 0 Å². The third-order valence-corrected chi connectivity index (χ3v) is 2.85. The molecule has 1 aromatic heterocycles. The zero-order chi connectivity index (χ0) is 10.8. The summed E-state index contributed by atoms with van der Waals surface area (Å²) in [6, 6.07) is 3.74. The van der Waals surface area contributed by atoms with Gasteiger partial charge in [-0.25, -0.2) is 4.98 Å². The molecule has 1 saturated heterocycles. The van der Waals surface area contributed by atoms with Crippen LogP contribution in [0.3, 0.4) is 0 Å². The maximum atomic E-state index is 12.0. The van der Waals surface area contributed by atoms with Gasteiger partial charge in [0.2, 0.25) is 0 Å². The Labute approximate surface area is 89.1 Å². The van der Waals surface area contributed by atoms with Gasteiger partial charge in [-0.05, 0) is 31.9 Å². The second-order valence-electron chi connectivity index (χ2n) is 3.96. The van der Waals surface area contributed by atoms with E-state index in [1.165, 1.54) is 0 Å². The lowest BCUT2D eigenvalue weighted by molar-refractivity contribution is 0.0747. The Morgan fingerprint density at radius 1 is 1.60 bits per heavy atom. The van der Waals surface area contributed by atoms with Crippen molar-refractivity contribution in [1.29, 1.82) is 0 Å². The van der Waals surface area contributed by atoms with Crippen LogP contribution in [0.4, 0.5) is 5.82 Å². The highest BCUT2D eigenvalue weighted by Gasteiger charge is 2.25. The average Bonchev–Trinajstić information content (AvgIpc) is 2.65. The van der Waals surface area contributed by atoms with Gasteiger partial charge in [-0.1, -0.05) is 0 Å². The number of carbonyl (C=O) groups excluding carboxylic acids is 1. The van der Waals surface area contributed by atoms with E-state index in [0.29, 0.717) is 17.4 Å². The van der Waals surface area contributed by atoms with Gasteiger partial charge in [-0.15, -0.1) is 0 Å². The summed E-state index contributed by atoms with van der Waals surface area (Å²) in [4.78, 5) is 17.8. The van der Waals surface area contributed by atoms with Crippen LogP contribution in [0, 0.1) is 0 Å². The van der Waals surface area contributed by atoms with E-state index in [9.17, 15) is 4.79 Å². The summed E-state index contributed by atoms with van der Waals surface area (Å²) in [6.45, 7) is 2.93. The van der Waals surface area contributed by atoms with Gasteiger partial charge in [-0.2, -0.15) is 0 Å². The summed E-state index contributed by atoms with van der Waals surface area (Å²) in [5.74, 6) is 0.508. The second kappa shape index (κ2) is 3.88. The Morgan fingerprint density at radius 2 is 2.40 bits per heavy atom.